The van der Waals surface area contributed by atoms with Crippen molar-refractivity contribution in [2.75, 3.05) is 12.9 Å². The van der Waals surface area contributed by atoms with E-state index in [2.05, 4.69) is 15.5 Å². The third-order valence-corrected chi connectivity index (χ3v) is 4.41. The van der Waals surface area contributed by atoms with E-state index in [1.165, 1.54) is 11.8 Å². The van der Waals surface area contributed by atoms with Gasteiger partial charge in [-0.1, -0.05) is 17.3 Å². The van der Waals surface area contributed by atoms with Gasteiger partial charge in [0.2, 0.25) is 5.91 Å². The molecule has 1 N–H and O–H groups in total. The minimum absolute atomic E-state index is 0.0623. The van der Waals surface area contributed by atoms with Crippen LogP contribution in [-0.2, 0) is 11.3 Å². The molecule has 0 aliphatic heterocycles. The molecular weight excluding hydrogens is 338 g/mol. The lowest BCUT2D eigenvalue weighted by Crippen LogP contribution is -2.24. The van der Waals surface area contributed by atoms with Crippen LogP contribution in [0, 0.1) is 0 Å². The van der Waals surface area contributed by atoms with Gasteiger partial charge in [0.25, 0.3) is 0 Å². The Hall–Kier alpha value is -2.80. The summed E-state index contributed by atoms with van der Waals surface area (Å²) in [6.45, 7) is 0.323. The lowest BCUT2D eigenvalue weighted by atomic mass is 10.1. The first kappa shape index (κ1) is 17.0. The number of rotatable bonds is 7. The van der Waals surface area contributed by atoms with Gasteiger partial charge in [0.1, 0.15) is 11.4 Å². The van der Waals surface area contributed by atoms with E-state index in [4.69, 9.17) is 9.26 Å². The second-order valence-electron chi connectivity index (χ2n) is 5.16. The minimum Gasteiger partial charge on any atom is -0.497 e. The molecule has 25 heavy (non-hydrogen) atoms. The number of amides is 1. The summed E-state index contributed by atoms with van der Waals surface area (Å²) in [6, 6.07) is 13.1. The Morgan fingerprint density at radius 2 is 2.08 bits per heavy atom. The number of carbonyl (C=O) groups excluding carboxylic acids is 1. The number of methoxy groups -OCH3 is 1. The molecule has 1 amide bonds. The van der Waals surface area contributed by atoms with E-state index in [1.807, 2.05) is 42.5 Å². The van der Waals surface area contributed by atoms with Gasteiger partial charge < -0.3 is 14.6 Å². The van der Waals surface area contributed by atoms with Gasteiger partial charge in [-0.15, -0.1) is 11.8 Å². The molecule has 0 radical (unpaired) electrons. The van der Waals surface area contributed by atoms with E-state index < -0.39 is 0 Å². The van der Waals surface area contributed by atoms with Crippen LogP contribution in [0.25, 0.3) is 11.3 Å². The minimum atomic E-state index is -0.0623. The normalized spacial score (nSPS) is 10.4. The number of ether oxygens (including phenoxy) is 1. The molecule has 0 unspecified atom stereocenters. The van der Waals surface area contributed by atoms with E-state index in [1.54, 1.807) is 19.5 Å². The van der Waals surface area contributed by atoms with Crippen LogP contribution in [0.1, 0.15) is 5.69 Å². The van der Waals surface area contributed by atoms with Gasteiger partial charge in [-0.25, -0.2) is 0 Å². The number of hydrogen-bond donors (Lipinski definition) is 1. The number of nitrogens with one attached hydrogen (secondary N) is 1. The molecule has 0 spiro atoms. The topological polar surface area (TPSA) is 77.2 Å². The van der Waals surface area contributed by atoms with Gasteiger partial charge in [0, 0.05) is 28.9 Å². The van der Waals surface area contributed by atoms with Crippen LogP contribution < -0.4 is 10.1 Å². The number of carbonyl (C=O) groups is 1. The maximum Gasteiger partial charge on any atom is 0.230 e. The molecule has 1 aromatic carbocycles. The second kappa shape index (κ2) is 8.34. The Morgan fingerprint density at radius 1 is 1.24 bits per heavy atom. The SMILES string of the molecule is COc1cccc(-c2cc(CNC(=O)CSc3ccncc3)no2)c1. The molecule has 0 aliphatic carbocycles. The van der Waals surface area contributed by atoms with Crippen LogP contribution in [0.4, 0.5) is 0 Å². The molecule has 3 rings (SSSR count). The number of aromatic nitrogens is 2. The van der Waals surface area contributed by atoms with Gasteiger partial charge >= 0.3 is 0 Å². The summed E-state index contributed by atoms with van der Waals surface area (Å²) in [6.07, 6.45) is 3.41. The molecule has 0 fully saturated rings. The summed E-state index contributed by atoms with van der Waals surface area (Å²) < 4.78 is 10.5. The molecule has 0 aliphatic rings. The zero-order valence-corrected chi connectivity index (χ0v) is 14.5. The molecule has 6 nitrogen and oxygen atoms in total. The Balaban J connectivity index is 1.52. The fourth-order valence-corrected chi connectivity index (χ4v) is 2.85. The Bertz CT molecular complexity index is 836. The number of hydrogen-bond acceptors (Lipinski definition) is 6. The lowest BCUT2D eigenvalue weighted by molar-refractivity contribution is -0.118. The predicted molar refractivity (Wildman–Crippen MR) is 95.3 cm³/mol. The summed E-state index contributed by atoms with van der Waals surface area (Å²) in [4.78, 5) is 16.9. The van der Waals surface area contributed by atoms with Crippen molar-refractivity contribution in [1.82, 2.24) is 15.5 Å². The third kappa shape index (κ3) is 4.84. The van der Waals surface area contributed by atoms with Crippen molar-refractivity contribution < 1.29 is 14.1 Å². The summed E-state index contributed by atoms with van der Waals surface area (Å²) in [5.41, 5.74) is 1.54. The number of thioether (sulfide) groups is 1. The van der Waals surface area contributed by atoms with Crippen LogP contribution in [0.5, 0.6) is 5.75 Å². The van der Waals surface area contributed by atoms with Crippen molar-refractivity contribution in [3.05, 3.63) is 60.6 Å². The van der Waals surface area contributed by atoms with Gasteiger partial charge in [0.05, 0.1) is 19.4 Å². The highest BCUT2D eigenvalue weighted by atomic mass is 32.2. The van der Waals surface area contributed by atoms with Crippen molar-refractivity contribution in [3.63, 3.8) is 0 Å². The highest BCUT2D eigenvalue weighted by molar-refractivity contribution is 8.00. The van der Waals surface area contributed by atoms with Crippen LogP contribution in [0.2, 0.25) is 0 Å². The maximum absolute atomic E-state index is 11.9. The molecular formula is C18H17N3O3S. The first-order valence-corrected chi connectivity index (χ1v) is 8.62. The number of benzene rings is 1. The van der Waals surface area contributed by atoms with Crippen LogP contribution in [0.3, 0.4) is 0 Å². The molecule has 2 aromatic heterocycles. The van der Waals surface area contributed by atoms with E-state index in [-0.39, 0.29) is 5.91 Å². The molecule has 7 heteroatoms. The summed E-state index contributed by atoms with van der Waals surface area (Å²) in [5, 5.41) is 6.83. The van der Waals surface area contributed by atoms with E-state index in [0.717, 1.165) is 16.2 Å². The smallest absolute Gasteiger partial charge is 0.230 e. The average molecular weight is 355 g/mol. The van der Waals surface area contributed by atoms with Crippen molar-refractivity contribution in [2.45, 2.75) is 11.4 Å². The Labute approximate surface area is 149 Å². The number of pyridine rings is 1. The predicted octanol–water partition coefficient (Wildman–Crippen LogP) is 3.15. The zero-order valence-electron chi connectivity index (χ0n) is 13.6. The first-order valence-electron chi connectivity index (χ1n) is 7.64. The highest BCUT2D eigenvalue weighted by Gasteiger charge is 2.09. The second-order valence-corrected chi connectivity index (χ2v) is 6.21. The molecule has 0 bridgehead atoms. The van der Waals surface area contributed by atoms with Gasteiger partial charge in [0.15, 0.2) is 5.76 Å². The van der Waals surface area contributed by atoms with E-state index in [0.29, 0.717) is 23.8 Å². The fraction of sp³-hybridized carbons (Fsp3) is 0.167. The van der Waals surface area contributed by atoms with Crippen molar-refractivity contribution in [1.29, 1.82) is 0 Å². The van der Waals surface area contributed by atoms with Gasteiger partial charge in [-0.2, -0.15) is 0 Å². The highest BCUT2D eigenvalue weighted by Crippen LogP contribution is 2.24. The largest absolute Gasteiger partial charge is 0.497 e. The molecule has 128 valence electrons. The average Bonchev–Trinajstić information content (AvgIpc) is 3.15. The molecule has 2 heterocycles. The fourth-order valence-electron chi connectivity index (χ4n) is 2.13. The standard InChI is InChI=1S/C18H17N3O3S/c1-23-15-4-2-3-13(9-15)17-10-14(21-24-17)11-20-18(22)12-25-16-5-7-19-8-6-16/h2-10H,11-12H2,1H3,(H,20,22). The molecule has 3 aromatic rings. The first-order chi connectivity index (χ1) is 12.2. The van der Waals surface area contributed by atoms with Gasteiger partial charge in [-0.3, -0.25) is 9.78 Å². The third-order valence-electron chi connectivity index (χ3n) is 3.40. The molecule has 0 atom stereocenters. The van der Waals surface area contributed by atoms with Crippen molar-refractivity contribution in [3.8, 4) is 17.1 Å². The lowest BCUT2D eigenvalue weighted by Gasteiger charge is -2.02. The van der Waals surface area contributed by atoms with Crippen LogP contribution >= 0.6 is 11.8 Å². The van der Waals surface area contributed by atoms with E-state index in [9.17, 15) is 4.79 Å². The Kier molecular flexibility index (Phi) is 5.69. The van der Waals surface area contributed by atoms with Crippen molar-refractivity contribution >= 4 is 17.7 Å². The summed E-state index contributed by atoms with van der Waals surface area (Å²) >= 11 is 1.46. The van der Waals surface area contributed by atoms with Crippen LogP contribution in [-0.4, -0.2) is 28.9 Å². The van der Waals surface area contributed by atoms with Crippen LogP contribution in [0.15, 0.2) is 64.3 Å². The summed E-state index contributed by atoms with van der Waals surface area (Å²) in [7, 11) is 1.62. The molecule has 0 saturated carbocycles. The quantitative estimate of drug-likeness (QED) is 0.656. The summed E-state index contributed by atoms with van der Waals surface area (Å²) in [5.74, 6) is 1.66. The van der Waals surface area contributed by atoms with Gasteiger partial charge in [-0.05, 0) is 24.3 Å². The number of nitrogens with zero attached hydrogens (tertiary/aromatic N) is 2. The monoisotopic (exact) mass is 355 g/mol. The molecule has 0 saturated heterocycles. The maximum atomic E-state index is 11.9. The zero-order chi connectivity index (χ0) is 17.5. The Morgan fingerprint density at radius 3 is 2.88 bits per heavy atom. The van der Waals surface area contributed by atoms with Crippen molar-refractivity contribution in [2.24, 2.45) is 0 Å². The van der Waals surface area contributed by atoms with E-state index >= 15 is 0 Å².